The number of rotatable bonds is 3. The zero-order chi connectivity index (χ0) is 18.1. The molecule has 4 rings (SSSR count). The van der Waals surface area contributed by atoms with E-state index in [0.29, 0.717) is 25.3 Å². The zero-order valence-electron chi connectivity index (χ0n) is 15.2. The summed E-state index contributed by atoms with van der Waals surface area (Å²) in [4.78, 5) is 19.5. The van der Waals surface area contributed by atoms with Gasteiger partial charge in [-0.2, -0.15) is 0 Å². The number of nitrogens with zero attached hydrogens (tertiary/aromatic N) is 3. The number of para-hydroxylation sites is 1. The van der Waals surface area contributed by atoms with Crippen LogP contribution in [-0.2, 0) is 4.74 Å². The van der Waals surface area contributed by atoms with E-state index in [1.165, 1.54) is 0 Å². The average Bonchev–Trinajstić information content (AvgIpc) is 3.03. The molecule has 0 N–H and O–H groups in total. The van der Waals surface area contributed by atoms with Crippen molar-refractivity contribution in [2.75, 3.05) is 19.7 Å². The number of aryl methyl sites for hydroxylation is 1. The van der Waals surface area contributed by atoms with E-state index in [2.05, 4.69) is 28.6 Å². The Morgan fingerprint density at radius 2 is 2.04 bits per heavy atom. The maximum absolute atomic E-state index is 12.9. The summed E-state index contributed by atoms with van der Waals surface area (Å²) < 4.78 is 7.79. The lowest BCUT2D eigenvalue weighted by Crippen LogP contribution is -2.45. The van der Waals surface area contributed by atoms with Crippen molar-refractivity contribution in [2.45, 2.75) is 26.4 Å². The molecule has 0 unspecified atom stereocenters. The van der Waals surface area contributed by atoms with Crippen LogP contribution in [0.4, 0.5) is 0 Å². The monoisotopic (exact) mass is 349 g/mol. The van der Waals surface area contributed by atoms with Crippen molar-refractivity contribution in [3.8, 4) is 5.69 Å². The van der Waals surface area contributed by atoms with E-state index in [4.69, 9.17) is 4.74 Å². The molecule has 0 aliphatic carbocycles. The van der Waals surface area contributed by atoms with Crippen LogP contribution in [-0.4, -0.2) is 46.2 Å². The summed E-state index contributed by atoms with van der Waals surface area (Å²) in [6.07, 6.45) is 1.06. The summed E-state index contributed by atoms with van der Waals surface area (Å²) in [6, 6.07) is 16.0. The number of aromatic nitrogens is 2. The van der Waals surface area contributed by atoms with Gasteiger partial charge < -0.3 is 9.64 Å². The molecule has 3 aromatic rings. The molecule has 1 saturated heterocycles. The van der Waals surface area contributed by atoms with Gasteiger partial charge in [0.25, 0.3) is 5.91 Å². The zero-order valence-corrected chi connectivity index (χ0v) is 15.2. The summed E-state index contributed by atoms with van der Waals surface area (Å²) in [7, 11) is 0. The van der Waals surface area contributed by atoms with E-state index in [0.717, 1.165) is 29.0 Å². The average molecular weight is 349 g/mol. The first-order valence-corrected chi connectivity index (χ1v) is 9.12. The van der Waals surface area contributed by atoms with E-state index in [1.807, 2.05) is 48.2 Å². The predicted molar refractivity (Wildman–Crippen MR) is 102 cm³/mol. The Kier molecular flexibility index (Phi) is 4.47. The number of ether oxygens (including phenoxy) is 1. The highest BCUT2D eigenvalue weighted by Gasteiger charge is 2.24. The molecule has 0 radical (unpaired) electrons. The smallest absolute Gasteiger partial charge is 0.254 e. The molecular weight excluding hydrogens is 326 g/mol. The van der Waals surface area contributed by atoms with Crippen molar-refractivity contribution in [3.63, 3.8) is 0 Å². The van der Waals surface area contributed by atoms with Crippen LogP contribution in [0.2, 0.25) is 0 Å². The van der Waals surface area contributed by atoms with Gasteiger partial charge in [0.1, 0.15) is 5.82 Å². The molecule has 5 heteroatoms. The molecule has 0 spiro atoms. The van der Waals surface area contributed by atoms with Gasteiger partial charge in [-0.1, -0.05) is 25.1 Å². The molecule has 1 aromatic heterocycles. The van der Waals surface area contributed by atoms with Gasteiger partial charge in [0.2, 0.25) is 0 Å². The van der Waals surface area contributed by atoms with Crippen molar-refractivity contribution in [3.05, 3.63) is 59.9 Å². The second-order valence-corrected chi connectivity index (χ2v) is 6.69. The Labute approximate surface area is 153 Å². The van der Waals surface area contributed by atoms with Crippen LogP contribution in [0.1, 0.15) is 29.5 Å². The third-order valence-corrected chi connectivity index (χ3v) is 4.96. The van der Waals surface area contributed by atoms with Crippen LogP contribution < -0.4 is 0 Å². The van der Waals surface area contributed by atoms with Crippen molar-refractivity contribution in [1.29, 1.82) is 0 Å². The van der Waals surface area contributed by atoms with Crippen LogP contribution >= 0.6 is 0 Å². The van der Waals surface area contributed by atoms with Crippen molar-refractivity contribution in [2.24, 2.45) is 0 Å². The van der Waals surface area contributed by atoms with Crippen molar-refractivity contribution < 1.29 is 9.53 Å². The Balaban J connectivity index is 1.67. The highest BCUT2D eigenvalue weighted by Crippen LogP contribution is 2.23. The third-order valence-electron chi connectivity index (χ3n) is 4.96. The predicted octanol–water partition coefficient (Wildman–Crippen LogP) is 3.58. The molecule has 1 atom stereocenters. The fourth-order valence-corrected chi connectivity index (χ4v) is 3.57. The number of carbonyl (C=O) groups is 1. The summed E-state index contributed by atoms with van der Waals surface area (Å²) in [5, 5.41) is 0. The number of carbonyl (C=O) groups excluding carboxylic acids is 1. The standard InChI is InChI=1S/C21H23N3O2/c1-3-18-14-23(11-12-26-18)21(25)16-9-10-20-19(13-16)22-15(2)24(20)17-7-5-4-6-8-17/h4-10,13,18H,3,11-12,14H2,1-2H3/t18-/m0/s1. The van der Waals surface area contributed by atoms with Gasteiger partial charge in [-0.3, -0.25) is 9.36 Å². The van der Waals surface area contributed by atoms with Gasteiger partial charge in [0, 0.05) is 24.3 Å². The molecule has 2 heterocycles. The lowest BCUT2D eigenvalue weighted by Gasteiger charge is -2.32. The lowest BCUT2D eigenvalue weighted by molar-refractivity contribution is -0.0226. The minimum atomic E-state index is 0.0561. The molecular formula is C21H23N3O2. The largest absolute Gasteiger partial charge is 0.375 e. The maximum atomic E-state index is 12.9. The quantitative estimate of drug-likeness (QED) is 0.726. The van der Waals surface area contributed by atoms with Gasteiger partial charge in [-0.05, 0) is 43.7 Å². The van der Waals surface area contributed by atoms with E-state index < -0.39 is 0 Å². The molecule has 0 saturated carbocycles. The number of imidazole rings is 1. The third kappa shape index (κ3) is 2.99. The first-order valence-electron chi connectivity index (χ1n) is 9.12. The Morgan fingerprint density at radius 3 is 2.81 bits per heavy atom. The first kappa shape index (κ1) is 16.8. The van der Waals surface area contributed by atoms with E-state index in [-0.39, 0.29) is 12.0 Å². The molecule has 1 fully saturated rings. The Morgan fingerprint density at radius 1 is 1.23 bits per heavy atom. The number of amides is 1. The normalized spacial score (nSPS) is 17.6. The highest BCUT2D eigenvalue weighted by molar-refractivity contribution is 5.97. The SMILES string of the molecule is CC[C@H]1CN(C(=O)c2ccc3c(c2)nc(C)n3-c2ccccc2)CCO1. The molecule has 1 aliphatic rings. The second-order valence-electron chi connectivity index (χ2n) is 6.69. The Bertz CT molecular complexity index is 933. The number of hydrogen-bond acceptors (Lipinski definition) is 3. The lowest BCUT2D eigenvalue weighted by atomic mass is 10.1. The van der Waals surface area contributed by atoms with Crippen molar-refractivity contribution >= 4 is 16.9 Å². The maximum Gasteiger partial charge on any atom is 0.254 e. The number of fused-ring (bicyclic) bond motifs is 1. The number of morpholine rings is 1. The molecule has 134 valence electrons. The van der Waals surface area contributed by atoms with Crippen LogP contribution in [0, 0.1) is 6.92 Å². The van der Waals surface area contributed by atoms with Gasteiger partial charge in [0.15, 0.2) is 0 Å². The summed E-state index contributed by atoms with van der Waals surface area (Å²) in [5.41, 5.74) is 3.62. The van der Waals surface area contributed by atoms with Crippen LogP contribution in [0.25, 0.3) is 16.7 Å². The molecule has 0 bridgehead atoms. The molecule has 26 heavy (non-hydrogen) atoms. The first-order chi connectivity index (χ1) is 12.7. The highest BCUT2D eigenvalue weighted by atomic mass is 16.5. The topological polar surface area (TPSA) is 47.4 Å². The summed E-state index contributed by atoms with van der Waals surface area (Å²) in [6.45, 7) is 5.98. The van der Waals surface area contributed by atoms with Crippen molar-refractivity contribution in [1.82, 2.24) is 14.5 Å². The van der Waals surface area contributed by atoms with Crippen LogP contribution in [0.15, 0.2) is 48.5 Å². The minimum Gasteiger partial charge on any atom is -0.375 e. The van der Waals surface area contributed by atoms with Gasteiger partial charge in [0.05, 0.1) is 23.7 Å². The summed E-state index contributed by atoms with van der Waals surface area (Å²) >= 11 is 0. The molecule has 1 aliphatic heterocycles. The fourth-order valence-electron chi connectivity index (χ4n) is 3.57. The minimum absolute atomic E-state index is 0.0561. The van der Waals surface area contributed by atoms with Crippen LogP contribution in [0.5, 0.6) is 0 Å². The number of benzene rings is 2. The van der Waals surface area contributed by atoms with E-state index >= 15 is 0 Å². The molecule has 5 nitrogen and oxygen atoms in total. The summed E-state index contributed by atoms with van der Waals surface area (Å²) in [5.74, 6) is 0.966. The molecule has 1 amide bonds. The number of hydrogen-bond donors (Lipinski definition) is 0. The van der Waals surface area contributed by atoms with E-state index in [9.17, 15) is 4.79 Å². The van der Waals surface area contributed by atoms with Gasteiger partial charge in [-0.25, -0.2) is 4.98 Å². The van der Waals surface area contributed by atoms with Gasteiger partial charge >= 0.3 is 0 Å². The van der Waals surface area contributed by atoms with Crippen LogP contribution in [0.3, 0.4) is 0 Å². The Hall–Kier alpha value is -2.66. The fraction of sp³-hybridized carbons (Fsp3) is 0.333. The second kappa shape index (κ2) is 6.92. The van der Waals surface area contributed by atoms with E-state index in [1.54, 1.807) is 0 Å². The molecule has 2 aromatic carbocycles. The van der Waals surface area contributed by atoms with Gasteiger partial charge in [-0.15, -0.1) is 0 Å².